The van der Waals surface area contributed by atoms with Crippen LogP contribution in [0.2, 0.25) is 0 Å². The van der Waals surface area contributed by atoms with Crippen molar-refractivity contribution in [3.8, 4) is 0 Å². The summed E-state index contributed by atoms with van der Waals surface area (Å²) in [6, 6.07) is 0. The van der Waals surface area contributed by atoms with Crippen molar-refractivity contribution in [2.75, 3.05) is 52.9 Å². The lowest BCUT2D eigenvalue weighted by Crippen LogP contribution is -2.09. The third-order valence-corrected chi connectivity index (χ3v) is 2.66. The van der Waals surface area contributed by atoms with Crippen molar-refractivity contribution >= 4 is 5.97 Å². The van der Waals surface area contributed by atoms with Crippen LogP contribution in [-0.2, 0) is 23.7 Å². The largest absolute Gasteiger partial charge is 0.480 e. The lowest BCUT2D eigenvalue weighted by molar-refractivity contribution is -0.142. The number of hydrogen-bond acceptors (Lipinski definition) is 5. The van der Waals surface area contributed by atoms with Gasteiger partial charge in [-0.3, -0.25) is 0 Å². The molecule has 126 valence electrons. The average Bonchev–Trinajstić information content (AvgIpc) is 2.46. The molecule has 1 N–H and O–H groups in total. The highest BCUT2D eigenvalue weighted by Gasteiger charge is 1.96. The van der Waals surface area contributed by atoms with Crippen LogP contribution in [0.5, 0.6) is 0 Å². The molecule has 0 saturated carbocycles. The van der Waals surface area contributed by atoms with Gasteiger partial charge in [0, 0.05) is 46.2 Å². The van der Waals surface area contributed by atoms with Crippen LogP contribution in [0.3, 0.4) is 0 Å². The van der Waals surface area contributed by atoms with E-state index in [1.54, 1.807) is 0 Å². The maximum atomic E-state index is 10.2. The van der Waals surface area contributed by atoms with E-state index in [2.05, 4.69) is 0 Å². The summed E-state index contributed by atoms with van der Waals surface area (Å²) in [5.41, 5.74) is 0. The smallest absolute Gasteiger partial charge is 0.329 e. The van der Waals surface area contributed by atoms with E-state index in [0.29, 0.717) is 13.2 Å². The van der Waals surface area contributed by atoms with E-state index in [-0.39, 0.29) is 6.61 Å². The fourth-order valence-electron chi connectivity index (χ4n) is 1.62. The van der Waals surface area contributed by atoms with Gasteiger partial charge < -0.3 is 24.1 Å². The maximum absolute atomic E-state index is 10.2. The van der Waals surface area contributed by atoms with E-state index in [4.69, 9.17) is 24.1 Å². The molecule has 6 heteroatoms. The number of ether oxygens (including phenoxy) is 4. The Labute approximate surface area is 127 Å². The van der Waals surface area contributed by atoms with Crippen LogP contribution in [0.25, 0.3) is 0 Å². The van der Waals surface area contributed by atoms with Gasteiger partial charge in [0.1, 0.15) is 6.61 Å². The average molecular weight is 306 g/mol. The van der Waals surface area contributed by atoms with E-state index in [9.17, 15) is 4.79 Å². The van der Waals surface area contributed by atoms with Gasteiger partial charge in [0.05, 0.1) is 0 Å². The lowest BCUT2D eigenvalue weighted by Gasteiger charge is -2.06. The van der Waals surface area contributed by atoms with Crippen LogP contribution in [0.4, 0.5) is 0 Å². The zero-order valence-electron chi connectivity index (χ0n) is 13.2. The summed E-state index contributed by atoms with van der Waals surface area (Å²) >= 11 is 0. The molecule has 0 spiro atoms. The summed E-state index contributed by atoms with van der Waals surface area (Å²) in [6.07, 6.45) is 4.87. The number of carbonyl (C=O) groups is 1. The highest BCUT2D eigenvalue weighted by Crippen LogP contribution is 1.98. The number of carboxylic acid groups (broad SMARTS) is 1. The van der Waals surface area contributed by atoms with Crippen LogP contribution in [-0.4, -0.2) is 63.9 Å². The highest BCUT2D eigenvalue weighted by atomic mass is 16.5. The van der Waals surface area contributed by atoms with Crippen LogP contribution < -0.4 is 0 Å². The molecule has 0 bridgehead atoms. The van der Waals surface area contributed by atoms with Gasteiger partial charge in [-0.15, -0.1) is 0 Å². The first kappa shape index (κ1) is 20.3. The minimum Gasteiger partial charge on any atom is -0.480 e. The van der Waals surface area contributed by atoms with E-state index in [0.717, 1.165) is 65.1 Å². The van der Waals surface area contributed by atoms with Gasteiger partial charge in [0.25, 0.3) is 0 Å². The molecular formula is C15H30O6. The highest BCUT2D eigenvalue weighted by molar-refractivity contribution is 5.67. The number of aliphatic carboxylic acids is 1. The fourth-order valence-corrected chi connectivity index (χ4v) is 1.62. The molecule has 0 heterocycles. The SMILES string of the molecule is CCOCCCOCCCCCOCCCOCC(=O)O. The molecule has 0 fully saturated rings. The van der Waals surface area contributed by atoms with Crippen molar-refractivity contribution in [2.24, 2.45) is 0 Å². The van der Waals surface area contributed by atoms with Gasteiger partial charge in [0.15, 0.2) is 0 Å². The molecule has 0 aromatic rings. The number of unbranched alkanes of at least 4 members (excludes halogenated alkanes) is 2. The first-order valence-corrected chi connectivity index (χ1v) is 7.80. The van der Waals surface area contributed by atoms with Crippen LogP contribution >= 0.6 is 0 Å². The Bertz CT molecular complexity index is 222. The minimum absolute atomic E-state index is 0.232. The third kappa shape index (κ3) is 19.3. The van der Waals surface area contributed by atoms with E-state index in [1.807, 2.05) is 6.92 Å². The minimum atomic E-state index is -0.934. The van der Waals surface area contributed by atoms with Gasteiger partial charge >= 0.3 is 5.97 Å². The first-order chi connectivity index (χ1) is 10.3. The molecule has 0 rings (SSSR count). The molecule has 0 amide bonds. The van der Waals surface area contributed by atoms with Crippen molar-refractivity contribution in [3.05, 3.63) is 0 Å². The molecule has 0 aliphatic carbocycles. The molecule has 21 heavy (non-hydrogen) atoms. The summed E-state index contributed by atoms with van der Waals surface area (Å²) in [7, 11) is 0. The Morgan fingerprint density at radius 2 is 1.19 bits per heavy atom. The van der Waals surface area contributed by atoms with Crippen molar-refractivity contribution in [2.45, 2.75) is 39.0 Å². The van der Waals surface area contributed by atoms with Crippen molar-refractivity contribution in [1.82, 2.24) is 0 Å². The van der Waals surface area contributed by atoms with Crippen molar-refractivity contribution in [1.29, 1.82) is 0 Å². The Morgan fingerprint density at radius 1 is 0.714 bits per heavy atom. The molecule has 0 saturated heterocycles. The van der Waals surface area contributed by atoms with Gasteiger partial charge in [0.2, 0.25) is 0 Å². The molecule has 0 aliphatic rings. The third-order valence-electron chi connectivity index (χ3n) is 2.66. The van der Waals surface area contributed by atoms with Gasteiger partial charge in [-0.2, -0.15) is 0 Å². The van der Waals surface area contributed by atoms with Crippen molar-refractivity contribution in [3.63, 3.8) is 0 Å². The standard InChI is InChI=1S/C15H30O6/c1-2-18-10-6-11-19-8-4-3-5-9-20-12-7-13-21-14-15(16)17/h2-14H2,1H3,(H,16,17). The molecule has 0 unspecified atom stereocenters. The van der Waals surface area contributed by atoms with E-state index in [1.165, 1.54) is 0 Å². The lowest BCUT2D eigenvalue weighted by atomic mass is 10.2. The molecule has 0 aliphatic heterocycles. The molecular weight excluding hydrogens is 276 g/mol. The zero-order valence-corrected chi connectivity index (χ0v) is 13.2. The second-order valence-corrected chi connectivity index (χ2v) is 4.64. The molecule has 6 nitrogen and oxygen atoms in total. The first-order valence-electron chi connectivity index (χ1n) is 7.80. The number of carboxylic acids is 1. The Hall–Kier alpha value is -0.690. The summed E-state index contributed by atoms with van der Waals surface area (Å²) < 4.78 is 21.0. The number of hydrogen-bond donors (Lipinski definition) is 1. The number of rotatable bonds is 17. The molecule has 0 atom stereocenters. The van der Waals surface area contributed by atoms with E-state index >= 15 is 0 Å². The van der Waals surface area contributed by atoms with Crippen LogP contribution in [0.1, 0.15) is 39.0 Å². The Kier molecular flexibility index (Phi) is 16.8. The van der Waals surface area contributed by atoms with Crippen LogP contribution in [0, 0.1) is 0 Å². The summed E-state index contributed by atoms with van der Waals surface area (Å²) in [5.74, 6) is -0.934. The second kappa shape index (κ2) is 17.4. The topological polar surface area (TPSA) is 74.2 Å². The summed E-state index contributed by atoms with van der Waals surface area (Å²) in [5, 5.41) is 8.36. The second-order valence-electron chi connectivity index (χ2n) is 4.64. The zero-order chi connectivity index (χ0) is 15.6. The van der Waals surface area contributed by atoms with Gasteiger partial charge in [-0.25, -0.2) is 4.79 Å². The predicted molar refractivity (Wildman–Crippen MR) is 79.7 cm³/mol. The monoisotopic (exact) mass is 306 g/mol. The Balaban J connectivity index is 2.95. The Morgan fingerprint density at radius 3 is 1.71 bits per heavy atom. The predicted octanol–water partition coefficient (Wildman–Crippen LogP) is 2.11. The molecule has 0 radical (unpaired) electrons. The van der Waals surface area contributed by atoms with E-state index < -0.39 is 5.97 Å². The van der Waals surface area contributed by atoms with Crippen molar-refractivity contribution < 1.29 is 28.8 Å². The summed E-state index contributed by atoms with van der Waals surface area (Å²) in [4.78, 5) is 10.2. The normalized spacial score (nSPS) is 10.9. The summed E-state index contributed by atoms with van der Waals surface area (Å²) in [6.45, 7) is 6.67. The van der Waals surface area contributed by atoms with Gasteiger partial charge in [-0.1, -0.05) is 0 Å². The van der Waals surface area contributed by atoms with Gasteiger partial charge in [-0.05, 0) is 39.0 Å². The quantitative estimate of drug-likeness (QED) is 0.415. The molecule has 0 aromatic heterocycles. The molecule has 0 aromatic carbocycles. The maximum Gasteiger partial charge on any atom is 0.329 e. The fraction of sp³-hybridized carbons (Fsp3) is 0.933. The van der Waals surface area contributed by atoms with Crippen LogP contribution in [0.15, 0.2) is 0 Å².